The van der Waals surface area contributed by atoms with E-state index in [1.807, 2.05) is 0 Å². The van der Waals surface area contributed by atoms with Gasteiger partial charge in [-0.15, -0.1) is 0 Å². The molecule has 1 aliphatic heterocycles. The fourth-order valence-corrected chi connectivity index (χ4v) is 3.81. The summed E-state index contributed by atoms with van der Waals surface area (Å²) < 4.78 is 10.4. The highest BCUT2D eigenvalue weighted by Gasteiger charge is 2.35. The number of ether oxygens (including phenoxy) is 2. The van der Waals surface area contributed by atoms with Crippen LogP contribution in [0.15, 0.2) is 72.8 Å². The number of anilines is 3. The molecule has 3 aromatic rings. The zero-order valence-electron chi connectivity index (χ0n) is 18.9. The molecule has 0 saturated carbocycles. The standard InChI is InChI=1S/C26H25N3O5/c1-33-20-12-10-18(11-13-20)27-26(32)22-8-3-4-9-23(22)28-25(31)17-14-24(30)29(16-17)19-6-5-7-21(15-19)34-2/h3-13,15,17H,14,16H2,1-2H3,(H,27,32)(H,28,31)/t17-/m1/s1. The number of carbonyl (C=O) groups is 3. The summed E-state index contributed by atoms with van der Waals surface area (Å²) in [4.78, 5) is 40.1. The highest BCUT2D eigenvalue weighted by molar-refractivity contribution is 6.11. The van der Waals surface area contributed by atoms with E-state index in [2.05, 4.69) is 10.6 Å². The molecule has 2 N–H and O–H groups in total. The van der Waals surface area contributed by atoms with Crippen LogP contribution in [0.4, 0.5) is 17.1 Å². The lowest BCUT2D eigenvalue weighted by molar-refractivity contribution is -0.122. The molecule has 1 aliphatic rings. The van der Waals surface area contributed by atoms with Crippen molar-refractivity contribution in [1.82, 2.24) is 0 Å². The van der Waals surface area contributed by atoms with E-state index in [0.29, 0.717) is 34.1 Å². The van der Waals surface area contributed by atoms with E-state index in [-0.39, 0.29) is 30.7 Å². The first kappa shape index (κ1) is 22.8. The largest absolute Gasteiger partial charge is 0.497 e. The van der Waals surface area contributed by atoms with Crippen LogP contribution >= 0.6 is 0 Å². The van der Waals surface area contributed by atoms with Gasteiger partial charge < -0.3 is 25.0 Å². The van der Waals surface area contributed by atoms with Crippen molar-refractivity contribution in [3.05, 3.63) is 78.4 Å². The average Bonchev–Trinajstić information content (AvgIpc) is 3.26. The van der Waals surface area contributed by atoms with E-state index in [4.69, 9.17) is 9.47 Å². The predicted molar refractivity (Wildman–Crippen MR) is 129 cm³/mol. The molecule has 0 radical (unpaired) electrons. The molecule has 0 aromatic heterocycles. The van der Waals surface area contributed by atoms with E-state index < -0.39 is 5.92 Å². The van der Waals surface area contributed by atoms with Crippen molar-refractivity contribution >= 4 is 34.8 Å². The van der Waals surface area contributed by atoms with E-state index >= 15 is 0 Å². The number of methoxy groups -OCH3 is 2. The Morgan fingerprint density at radius 3 is 2.35 bits per heavy atom. The summed E-state index contributed by atoms with van der Waals surface area (Å²) in [5.74, 6) is -0.0462. The molecule has 1 atom stereocenters. The molecule has 1 heterocycles. The van der Waals surface area contributed by atoms with Gasteiger partial charge in [0.2, 0.25) is 11.8 Å². The highest BCUT2D eigenvalue weighted by Crippen LogP contribution is 2.29. The second-order valence-corrected chi connectivity index (χ2v) is 7.82. The molecule has 174 valence electrons. The normalized spacial score (nSPS) is 15.1. The van der Waals surface area contributed by atoms with Gasteiger partial charge in [0.05, 0.1) is 31.4 Å². The summed E-state index contributed by atoms with van der Waals surface area (Å²) in [5, 5.41) is 5.65. The van der Waals surface area contributed by atoms with Crippen LogP contribution in [0.5, 0.6) is 11.5 Å². The Bertz CT molecular complexity index is 1210. The summed E-state index contributed by atoms with van der Waals surface area (Å²) >= 11 is 0. The molecule has 0 aliphatic carbocycles. The number of nitrogens with one attached hydrogen (secondary N) is 2. The Morgan fingerprint density at radius 1 is 0.882 bits per heavy atom. The predicted octanol–water partition coefficient (Wildman–Crippen LogP) is 3.95. The van der Waals surface area contributed by atoms with Gasteiger partial charge in [-0.25, -0.2) is 0 Å². The van der Waals surface area contributed by atoms with E-state index in [1.54, 1.807) is 91.9 Å². The summed E-state index contributed by atoms with van der Waals surface area (Å²) in [6.45, 7) is 0.248. The molecule has 3 aromatic carbocycles. The first-order chi connectivity index (χ1) is 16.5. The summed E-state index contributed by atoms with van der Waals surface area (Å²) in [6, 6.07) is 20.9. The van der Waals surface area contributed by atoms with Gasteiger partial charge in [0.15, 0.2) is 0 Å². The van der Waals surface area contributed by atoms with Crippen molar-refractivity contribution < 1.29 is 23.9 Å². The van der Waals surface area contributed by atoms with Gasteiger partial charge in [-0.3, -0.25) is 14.4 Å². The minimum Gasteiger partial charge on any atom is -0.497 e. The topological polar surface area (TPSA) is 97.0 Å². The second-order valence-electron chi connectivity index (χ2n) is 7.82. The zero-order chi connectivity index (χ0) is 24.1. The quantitative estimate of drug-likeness (QED) is 0.558. The van der Waals surface area contributed by atoms with Crippen LogP contribution in [-0.4, -0.2) is 38.5 Å². The Kier molecular flexibility index (Phi) is 6.77. The minimum absolute atomic E-state index is 0.0866. The average molecular weight is 460 g/mol. The molecule has 1 saturated heterocycles. The monoisotopic (exact) mass is 459 g/mol. The Labute approximate surface area is 197 Å². The van der Waals surface area contributed by atoms with Crippen LogP contribution in [0.25, 0.3) is 0 Å². The molecule has 8 heteroatoms. The third-order valence-electron chi connectivity index (χ3n) is 5.64. The zero-order valence-corrected chi connectivity index (χ0v) is 18.9. The van der Waals surface area contributed by atoms with Gasteiger partial charge in [0, 0.05) is 30.4 Å². The Morgan fingerprint density at radius 2 is 1.62 bits per heavy atom. The molecular formula is C26H25N3O5. The van der Waals surface area contributed by atoms with Gasteiger partial charge in [-0.1, -0.05) is 18.2 Å². The van der Waals surface area contributed by atoms with Gasteiger partial charge in [0.25, 0.3) is 5.91 Å². The number of amides is 3. The van der Waals surface area contributed by atoms with Crippen LogP contribution in [0.2, 0.25) is 0 Å². The lowest BCUT2D eigenvalue weighted by Crippen LogP contribution is -2.28. The van der Waals surface area contributed by atoms with Crippen molar-refractivity contribution in [2.75, 3.05) is 36.3 Å². The third kappa shape index (κ3) is 5.01. The second kappa shape index (κ2) is 10.1. The number of para-hydroxylation sites is 1. The van der Waals surface area contributed by atoms with Gasteiger partial charge in [0.1, 0.15) is 11.5 Å². The first-order valence-corrected chi connectivity index (χ1v) is 10.8. The first-order valence-electron chi connectivity index (χ1n) is 10.8. The van der Waals surface area contributed by atoms with Crippen molar-refractivity contribution in [2.45, 2.75) is 6.42 Å². The summed E-state index contributed by atoms with van der Waals surface area (Å²) in [6.07, 6.45) is 0.0866. The maximum Gasteiger partial charge on any atom is 0.257 e. The van der Waals surface area contributed by atoms with E-state index in [1.165, 1.54) is 0 Å². The lowest BCUT2D eigenvalue weighted by Gasteiger charge is -2.18. The Hall–Kier alpha value is -4.33. The molecular weight excluding hydrogens is 434 g/mol. The number of nitrogens with zero attached hydrogens (tertiary/aromatic N) is 1. The molecule has 0 bridgehead atoms. The van der Waals surface area contributed by atoms with Crippen molar-refractivity contribution in [2.24, 2.45) is 5.92 Å². The van der Waals surface area contributed by atoms with Crippen LogP contribution < -0.4 is 25.0 Å². The molecule has 3 amide bonds. The van der Waals surface area contributed by atoms with Crippen LogP contribution in [0, 0.1) is 5.92 Å². The van der Waals surface area contributed by atoms with Gasteiger partial charge in [-0.2, -0.15) is 0 Å². The van der Waals surface area contributed by atoms with Crippen molar-refractivity contribution in [3.8, 4) is 11.5 Å². The minimum atomic E-state index is -0.545. The molecule has 8 nitrogen and oxygen atoms in total. The highest BCUT2D eigenvalue weighted by atomic mass is 16.5. The van der Waals surface area contributed by atoms with Crippen LogP contribution in [0.3, 0.4) is 0 Å². The lowest BCUT2D eigenvalue weighted by atomic mass is 10.1. The van der Waals surface area contributed by atoms with Crippen molar-refractivity contribution in [3.63, 3.8) is 0 Å². The maximum absolute atomic E-state index is 13.0. The molecule has 1 fully saturated rings. The summed E-state index contributed by atoms with van der Waals surface area (Å²) in [7, 11) is 3.13. The Balaban J connectivity index is 1.45. The van der Waals surface area contributed by atoms with Crippen LogP contribution in [0.1, 0.15) is 16.8 Å². The van der Waals surface area contributed by atoms with E-state index in [0.717, 1.165) is 0 Å². The number of benzene rings is 3. The number of hydrogen-bond donors (Lipinski definition) is 2. The summed E-state index contributed by atoms with van der Waals surface area (Å²) in [5.41, 5.74) is 1.98. The smallest absolute Gasteiger partial charge is 0.257 e. The number of carbonyl (C=O) groups excluding carboxylic acids is 3. The van der Waals surface area contributed by atoms with Crippen molar-refractivity contribution in [1.29, 1.82) is 0 Å². The molecule has 34 heavy (non-hydrogen) atoms. The molecule has 0 unspecified atom stereocenters. The van der Waals surface area contributed by atoms with Gasteiger partial charge in [-0.05, 0) is 48.5 Å². The molecule has 4 rings (SSSR count). The van der Waals surface area contributed by atoms with Crippen LogP contribution in [-0.2, 0) is 9.59 Å². The number of rotatable bonds is 7. The maximum atomic E-state index is 13.0. The SMILES string of the molecule is COc1ccc(NC(=O)c2ccccc2NC(=O)[C@@H]2CC(=O)N(c3cccc(OC)c3)C2)cc1. The fraction of sp³-hybridized carbons (Fsp3) is 0.192. The van der Waals surface area contributed by atoms with E-state index in [9.17, 15) is 14.4 Å². The fourth-order valence-electron chi connectivity index (χ4n) is 3.81. The van der Waals surface area contributed by atoms with Gasteiger partial charge >= 0.3 is 0 Å². The third-order valence-corrected chi connectivity index (χ3v) is 5.64. The number of hydrogen-bond acceptors (Lipinski definition) is 5. The molecule has 0 spiro atoms.